The first-order valence-electron chi connectivity index (χ1n) is 4.94. The molecule has 0 aliphatic heterocycles. The van der Waals surface area contributed by atoms with Crippen molar-refractivity contribution in [1.82, 2.24) is 5.32 Å². The number of allylic oxidation sites excluding steroid dienone is 2. The lowest BCUT2D eigenvalue weighted by molar-refractivity contribution is 1.13. The summed E-state index contributed by atoms with van der Waals surface area (Å²) < 4.78 is 0. The SMILES string of the molecule is C=C/C=C(\NC)c1ccccc1.CC. The van der Waals surface area contributed by atoms with Crippen LogP contribution < -0.4 is 5.32 Å². The van der Waals surface area contributed by atoms with Gasteiger partial charge in [0.25, 0.3) is 0 Å². The molecule has 1 heteroatoms. The molecule has 1 N–H and O–H groups in total. The maximum atomic E-state index is 3.66. The molecular formula is C13H19N. The van der Waals surface area contributed by atoms with Crippen molar-refractivity contribution in [3.63, 3.8) is 0 Å². The van der Waals surface area contributed by atoms with Crippen LogP contribution in [0.25, 0.3) is 5.70 Å². The van der Waals surface area contributed by atoms with Gasteiger partial charge in [-0.25, -0.2) is 0 Å². The first-order chi connectivity index (χ1) is 6.88. The van der Waals surface area contributed by atoms with Crippen molar-refractivity contribution < 1.29 is 0 Å². The van der Waals surface area contributed by atoms with Crippen LogP contribution in [0.15, 0.2) is 49.1 Å². The summed E-state index contributed by atoms with van der Waals surface area (Å²) in [6, 6.07) is 10.2. The molecule has 0 fully saturated rings. The maximum Gasteiger partial charge on any atom is 0.0410 e. The maximum absolute atomic E-state index is 3.66. The van der Waals surface area contributed by atoms with E-state index in [-0.39, 0.29) is 0 Å². The second-order valence-corrected chi connectivity index (χ2v) is 2.43. The van der Waals surface area contributed by atoms with Crippen LogP contribution in [0.4, 0.5) is 0 Å². The molecule has 0 unspecified atom stereocenters. The van der Waals surface area contributed by atoms with Crippen molar-refractivity contribution in [3.8, 4) is 0 Å². The molecule has 0 aromatic heterocycles. The fourth-order valence-electron chi connectivity index (χ4n) is 1.06. The Balaban J connectivity index is 0.000000791. The van der Waals surface area contributed by atoms with Crippen LogP contribution >= 0.6 is 0 Å². The smallest absolute Gasteiger partial charge is 0.0410 e. The minimum atomic E-state index is 1.09. The van der Waals surface area contributed by atoms with E-state index in [1.807, 2.05) is 45.2 Å². The minimum absolute atomic E-state index is 1.09. The molecule has 0 spiro atoms. The fraction of sp³-hybridized carbons (Fsp3) is 0.231. The first kappa shape index (κ1) is 12.5. The summed E-state index contributed by atoms with van der Waals surface area (Å²) in [5.41, 5.74) is 2.27. The van der Waals surface area contributed by atoms with E-state index in [1.165, 1.54) is 5.56 Å². The summed E-state index contributed by atoms with van der Waals surface area (Å²) in [6.07, 6.45) is 3.73. The predicted octanol–water partition coefficient (Wildman–Crippen LogP) is 3.46. The Labute approximate surface area is 87.2 Å². The molecule has 0 heterocycles. The molecule has 0 saturated heterocycles. The molecule has 0 amide bonds. The highest BCUT2D eigenvalue weighted by Gasteiger charge is 1.93. The van der Waals surface area contributed by atoms with Gasteiger partial charge in [-0.1, -0.05) is 56.8 Å². The molecule has 1 aromatic rings. The molecule has 0 atom stereocenters. The fourth-order valence-corrected chi connectivity index (χ4v) is 1.06. The van der Waals surface area contributed by atoms with Crippen LogP contribution in [0, 0.1) is 0 Å². The number of hydrogen-bond donors (Lipinski definition) is 1. The monoisotopic (exact) mass is 189 g/mol. The minimum Gasteiger partial charge on any atom is -0.388 e. The van der Waals surface area contributed by atoms with E-state index in [1.54, 1.807) is 6.08 Å². The van der Waals surface area contributed by atoms with Gasteiger partial charge in [-0.15, -0.1) is 0 Å². The van der Waals surface area contributed by atoms with Gasteiger partial charge in [0.15, 0.2) is 0 Å². The van der Waals surface area contributed by atoms with Crippen LogP contribution in [0.1, 0.15) is 19.4 Å². The average Bonchev–Trinajstić information content (AvgIpc) is 2.30. The zero-order chi connectivity index (χ0) is 10.8. The molecule has 14 heavy (non-hydrogen) atoms. The number of rotatable bonds is 3. The highest BCUT2D eigenvalue weighted by molar-refractivity contribution is 5.64. The van der Waals surface area contributed by atoms with Crippen LogP contribution in [0.3, 0.4) is 0 Å². The van der Waals surface area contributed by atoms with Gasteiger partial charge < -0.3 is 5.32 Å². The molecule has 76 valence electrons. The first-order valence-corrected chi connectivity index (χ1v) is 4.94. The predicted molar refractivity (Wildman–Crippen MR) is 65.0 cm³/mol. The third-order valence-corrected chi connectivity index (χ3v) is 1.64. The van der Waals surface area contributed by atoms with Crippen LogP contribution in [-0.2, 0) is 0 Å². The van der Waals surface area contributed by atoms with Gasteiger partial charge in [0.2, 0.25) is 0 Å². The molecule has 1 nitrogen and oxygen atoms in total. The summed E-state index contributed by atoms with van der Waals surface area (Å²) >= 11 is 0. The van der Waals surface area contributed by atoms with E-state index >= 15 is 0 Å². The van der Waals surface area contributed by atoms with Crippen LogP contribution in [0.5, 0.6) is 0 Å². The Kier molecular flexibility index (Phi) is 7.24. The molecule has 0 aliphatic rings. The summed E-state index contributed by atoms with van der Waals surface area (Å²) in [5.74, 6) is 0. The van der Waals surface area contributed by atoms with Gasteiger partial charge in [-0.2, -0.15) is 0 Å². The lowest BCUT2D eigenvalue weighted by atomic mass is 10.1. The topological polar surface area (TPSA) is 12.0 Å². The van der Waals surface area contributed by atoms with Gasteiger partial charge in [0, 0.05) is 12.7 Å². The highest BCUT2D eigenvalue weighted by Crippen LogP contribution is 2.09. The zero-order valence-corrected chi connectivity index (χ0v) is 9.25. The van der Waals surface area contributed by atoms with Gasteiger partial charge in [-0.05, 0) is 11.6 Å². The van der Waals surface area contributed by atoms with E-state index in [9.17, 15) is 0 Å². The van der Waals surface area contributed by atoms with E-state index in [4.69, 9.17) is 0 Å². The third-order valence-electron chi connectivity index (χ3n) is 1.64. The Bertz CT molecular complexity index is 273. The Morgan fingerprint density at radius 2 is 1.79 bits per heavy atom. The zero-order valence-electron chi connectivity index (χ0n) is 9.25. The van der Waals surface area contributed by atoms with Crippen molar-refractivity contribution in [2.75, 3.05) is 7.05 Å². The van der Waals surface area contributed by atoms with Crippen molar-refractivity contribution in [2.24, 2.45) is 0 Å². The van der Waals surface area contributed by atoms with E-state index < -0.39 is 0 Å². The number of benzene rings is 1. The number of hydrogen-bond acceptors (Lipinski definition) is 1. The van der Waals surface area contributed by atoms with Gasteiger partial charge in [0.1, 0.15) is 0 Å². The highest BCUT2D eigenvalue weighted by atomic mass is 14.8. The second kappa shape index (κ2) is 8.11. The van der Waals surface area contributed by atoms with Gasteiger partial charge in [-0.3, -0.25) is 0 Å². The van der Waals surface area contributed by atoms with Crippen molar-refractivity contribution >= 4 is 5.70 Å². The second-order valence-electron chi connectivity index (χ2n) is 2.43. The standard InChI is InChI=1S/C11H13N.C2H6/c1-3-7-11(12-2)10-8-5-4-6-9-10;1-2/h3-9,12H,1H2,2H3;1-2H3/b11-7-;. The summed E-state index contributed by atoms with van der Waals surface area (Å²) in [5, 5.41) is 3.11. The Hall–Kier alpha value is -1.50. The Morgan fingerprint density at radius 1 is 1.21 bits per heavy atom. The van der Waals surface area contributed by atoms with Crippen LogP contribution in [-0.4, -0.2) is 7.05 Å². The lowest BCUT2D eigenvalue weighted by Gasteiger charge is -2.04. The van der Waals surface area contributed by atoms with Crippen molar-refractivity contribution in [3.05, 3.63) is 54.6 Å². The summed E-state index contributed by atoms with van der Waals surface area (Å²) in [7, 11) is 1.91. The molecule has 1 aromatic carbocycles. The molecular weight excluding hydrogens is 170 g/mol. The van der Waals surface area contributed by atoms with Gasteiger partial charge in [0.05, 0.1) is 0 Å². The molecule has 0 bridgehead atoms. The lowest BCUT2D eigenvalue weighted by Crippen LogP contribution is -2.03. The summed E-state index contributed by atoms with van der Waals surface area (Å²) in [4.78, 5) is 0. The molecule has 1 rings (SSSR count). The quantitative estimate of drug-likeness (QED) is 0.718. The van der Waals surface area contributed by atoms with Crippen molar-refractivity contribution in [2.45, 2.75) is 13.8 Å². The third kappa shape index (κ3) is 3.94. The van der Waals surface area contributed by atoms with E-state index in [0.717, 1.165) is 5.70 Å². The molecule has 0 radical (unpaired) electrons. The molecule has 0 saturated carbocycles. The largest absolute Gasteiger partial charge is 0.388 e. The van der Waals surface area contributed by atoms with Crippen molar-refractivity contribution in [1.29, 1.82) is 0 Å². The molecule has 0 aliphatic carbocycles. The van der Waals surface area contributed by atoms with E-state index in [2.05, 4.69) is 24.0 Å². The van der Waals surface area contributed by atoms with Crippen LogP contribution in [0.2, 0.25) is 0 Å². The number of nitrogens with one attached hydrogen (secondary N) is 1. The van der Waals surface area contributed by atoms with Gasteiger partial charge >= 0.3 is 0 Å². The normalized spacial score (nSPS) is 9.79. The Morgan fingerprint density at radius 3 is 2.21 bits per heavy atom. The summed E-state index contributed by atoms with van der Waals surface area (Å²) in [6.45, 7) is 7.66. The average molecular weight is 189 g/mol. The van der Waals surface area contributed by atoms with E-state index in [0.29, 0.717) is 0 Å².